The average molecular weight is 308 g/mol. The van der Waals surface area contributed by atoms with Gasteiger partial charge >= 0.3 is 0 Å². The molecule has 106 valence electrons. The highest BCUT2D eigenvalue weighted by Crippen LogP contribution is 2.23. The van der Waals surface area contributed by atoms with Crippen LogP contribution in [-0.4, -0.2) is 33.8 Å². The van der Waals surface area contributed by atoms with Crippen LogP contribution in [0.1, 0.15) is 11.1 Å². The molecule has 1 aromatic heterocycles. The fourth-order valence-corrected chi connectivity index (χ4v) is 3.14. The molecule has 0 radical (unpaired) electrons. The number of thioether (sulfide) groups is 1. The summed E-state index contributed by atoms with van der Waals surface area (Å²) in [4.78, 5) is 13.7. The first-order valence-corrected chi connectivity index (χ1v) is 7.86. The predicted octanol–water partition coefficient (Wildman–Crippen LogP) is 2.18. The third kappa shape index (κ3) is 4.21. The molecule has 0 bridgehead atoms. The third-order valence-corrected chi connectivity index (χ3v) is 4.58. The molecule has 0 aliphatic carbocycles. The maximum absolute atomic E-state index is 12.0. The number of aryl methyl sites for hydroxylation is 1. The Morgan fingerprint density at radius 3 is 2.65 bits per heavy atom. The van der Waals surface area contributed by atoms with Crippen LogP contribution in [0.15, 0.2) is 28.6 Å². The number of benzene rings is 1. The summed E-state index contributed by atoms with van der Waals surface area (Å²) in [6, 6.07) is 8.17. The second-order valence-corrected chi connectivity index (χ2v) is 6.66. The zero-order chi connectivity index (χ0) is 14.5. The summed E-state index contributed by atoms with van der Waals surface area (Å²) in [5.74, 6) is 0.404. The SMILES string of the molecule is Cc1ccc(CN(C)C(=O)CSc2nnc(N)s2)cc1. The molecule has 1 amide bonds. The molecule has 0 saturated heterocycles. The molecule has 0 atom stereocenters. The molecular formula is C13H16N4OS2. The topological polar surface area (TPSA) is 72.1 Å². The van der Waals surface area contributed by atoms with Crippen LogP contribution in [0.2, 0.25) is 0 Å². The van der Waals surface area contributed by atoms with Gasteiger partial charge in [-0.05, 0) is 12.5 Å². The number of anilines is 1. The fraction of sp³-hybridized carbons (Fsp3) is 0.308. The van der Waals surface area contributed by atoms with Crippen molar-refractivity contribution in [3.05, 3.63) is 35.4 Å². The number of aromatic nitrogens is 2. The number of carbonyl (C=O) groups excluding carboxylic acids is 1. The minimum atomic E-state index is 0.0596. The summed E-state index contributed by atoms with van der Waals surface area (Å²) in [5, 5.41) is 8.02. The number of hydrogen-bond donors (Lipinski definition) is 1. The Morgan fingerprint density at radius 1 is 1.35 bits per heavy atom. The minimum absolute atomic E-state index is 0.0596. The van der Waals surface area contributed by atoms with E-state index in [1.54, 1.807) is 11.9 Å². The number of carbonyl (C=O) groups is 1. The fourth-order valence-electron chi connectivity index (χ4n) is 1.57. The lowest BCUT2D eigenvalue weighted by Crippen LogP contribution is -2.27. The van der Waals surface area contributed by atoms with Crippen molar-refractivity contribution in [2.24, 2.45) is 0 Å². The van der Waals surface area contributed by atoms with Crippen molar-refractivity contribution in [2.75, 3.05) is 18.5 Å². The standard InChI is InChI=1S/C13H16N4OS2/c1-9-3-5-10(6-4-9)7-17(2)11(18)8-19-13-16-15-12(14)20-13/h3-6H,7-8H2,1-2H3,(H2,14,15). The van der Waals surface area contributed by atoms with Crippen molar-refractivity contribution in [2.45, 2.75) is 17.8 Å². The Kier molecular flexibility index (Phi) is 4.97. The molecule has 2 rings (SSSR count). The first-order chi connectivity index (χ1) is 9.54. The van der Waals surface area contributed by atoms with Gasteiger partial charge in [-0.15, -0.1) is 10.2 Å². The van der Waals surface area contributed by atoms with Crippen molar-refractivity contribution in [3.8, 4) is 0 Å². The molecule has 0 aliphatic rings. The Bertz CT molecular complexity index is 582. The van der Waals surface area contributed by atoms with E-state index in [2.05, 4.69) is 10.2 Å². The van der Waals surface area contributed by atoms with Gasteiger partial charge in [0.05, 0.1) is 5.75 Å². The quantitative estimate of drug-likeness (QED) is 0.857. The largest absolute Gasteiger partial charge is 0.374 e. The van der Waals surface area contributed by atoms with E-state index in [4.69, 9.17) is 5.73 Å². The maximum Gasteiger partial charge on any atom is 0.233 e. The second-order valence-electron chi connectivity index (χ2n) is 4.43. The van der Waals surface area contributed by atoms with E-state index in [-0.39, 0.29) is 5.91 Å². The van der Waals surface area contributed by atoms with Crippen molar-refractivity contribution >= 4 is 34.1 Å². The second kappa shape index (κ2) is 6.71. The normalized spacial score (nSPS) is 10.5. The van der Waals surface area contributed by atoms with E-state index in [1.165, 1.54) is 28.7 Å². The third-order valence-electron chi connectivity index (χ3n) is 2.71. The lowest BCUT2D eigenvalue weighted by atomic mass is 10.1. The van der Waals surface area contributed by atoms with Crippen LogP contribution in [0.4, 0.5) is 5.13 Å². The molecule has 0 unspecified atom stereocenters. The van der Waals surface area contributed by atoms with Crippen LogP contribution in [0.5, 0.6) is 0 Å². The van der Waals surface area contributed by atoms with Crippen molar-refractivity contribution in [3.63, 3.8) is 0 Å². The van der Waals surface area contributed by atoms with Crippen LogP contribution < -0.4 is 5.73 Å². The number of nitrogen functional groups attached to an aromatic ring is 1. The summed E-state index contributed by atoms with van der Waals surface area (Å²) in [6.45, 7) is 2.65. The highest BCUT2D eigenvalue weighted by atomic mass is 32.2. The highest BCUT2D eigenvalue weighted by molar-refractivity contribution is 8.01. The van der Waals surface area contributed by atoms with Crippen molar-refractivity contribution in [1.29, 1.82) is 0 Å². The maximum atomic E-state index is 12.0. The number of hydrogen-bond acceptors (Lipinski definition) is 6. The summed E-state index contributed by atoms with van der Waals surface area (Å²) >= 11 is 2.66. The average Bonchev–Trinajstić information content (AvgIpc) is 2.84. The number of nitrogens with two attached hydrogens (primary N) is 1. The van der Waals surface area contributed by atoms with Crippen LogP contribution in [0.3, 0.4) is 0 Å². The molecule has 0 aliphatic heterocycles. The zero-order valence-electron chi connectivity index (χ0n) is 11.4. The Hall–Kier alpha value is -1.60. The van der Waals surface area contributed by atoms with Gasteiger partial charge in [0.2, 0.25) is 11.0 Å². The van der Waals surface area contributed by atoms with Gasteiger partial charge in [-0.3, -0.25) is 4.79 Å². The van der Waals surface area contributed by atoms with Crippen LogP contribution in [-0.2, 0) is 11.3 Å². The van der Waals surface area contributed by atoms with E-state index in [1.807, 2.05) is 31.2 Å². The molecular weight excluding hydrogens is 292 g/mol. The number of nitrogens with zero attached hydrogens (tertiary/aromatic N) is 3. The van der Waals surface area contributed by atoms with E-state index in [9.17, 15) is 4.79 Å². The Balaban J connectivity index is 1.84. The summed E-state index contributed by atoms with van der Waals surface area (Å²) < 4.78 is 0.722. The van der Waals surface area contributed by atoms with Gasteiger partial charge in [0.15, 0.2) is 4.34 Å². The smallest absolute Gasteiger partial charge is 0.233 e. The molecule has 0 spiro atoms. The van der Waals surface area contributed by atoms with E-state index < -0.39 is 0 Å². The summed E-state index contributed by atoms with van der Waals surface area (Å²) in [7, 11) is 1.80. The molecule has 7 heteroatoms. The molecule has 0 fully saturated rings. The minimum Gasteiger partial charge on any atom is -0.374 e. The molecule has 2 aromatic rings. The van der Waals surface area contributed by atoms with E-state index in [0.717, 1.165) is 9.90 Å². The van der Waals surface area contributed by atoms with Gasteiger partial charge in [-0.1, -0.05) is 52.9 Å². The van der Waals surface area contributed by atoms with Gasteiger partial charge in [-0.2, -0.15) is 0 Å². The molecule has 1 heterocycles. The van der Waals surface area contributed by atoms with Crippen LogP contribution >= 0.6 is 23.1 Å². The lowest BCUT2D eigenvalue weighted by Gasteiger charge is -2.16. The molecule has 2 N–H and O–H groups in total. The van der Waals surface area contributed by atoms with Crippen LogP contribution in [0.25, 0.3) is 0 Å². The van der Waals surface area contributed by atoms with Gasteiger partial charge in [-0.25, -0.2) is 0 Å². The number of rotatable bonds is 5. The van der Waals surface area contributed by atoms with Crippen molar-refractivity contribution in [1.82, 2.24) is 15.1 Å². The van der Waals surface area contributed by atoms with Gasteiger partial charge in [0, 0.05) is 13.6 Å². The number of amides is 1. The highest BCUT2D eigenvalue weighted by Gasteiger charge is 2.11. The van der Waals surface area contributed by atoms with E-state index >= 15 is 0 Å². The molecule has 20 heavy (non-hydrogen) atoms. The molecule has 5 nitrogen and oxygen atoms in total. The Labute approximate surface area is 126 Å². The van der Waals surface area contributed by atoms with Gasteiger partial charge < -0.3 is 10.6 Å². The monoisotopic (exact) mass is 308 g/mol. The first kappa shape index (κ1) is 14.8. The summed E-state index contributed by atoms with van der Waals surface area (Å²) in [6.07, 6.45) is 0. The first-order valence-electron chi connectivity index (χ1n) is 6.06. The van der Waals surface area contributed by atoms with Crippen LogP contribution in [0, 0.1) is 6.92 Å². The van der Waals surface area contributed by atoms with Crippen molar-refractivity contribution < 1.29 is 4.79 Å². The summed E-state index contributed by atoms with van der Waals surface area (Å²) in [5.41, 5.74) is 7.83. The Morgan fingerprint density at radius 2 is 2.05 bits per heavy atom. The lowest BCUT2D eigenvalue weighted by molar-refractivity contribution is -0.127. The van der Waals surface area contributed by atoms with E-state index in [0.29, 0.717) is 17.4 Å². The predicted molar refractivity (Wildman–Crippen MR) is 82.7 cm³/mol. The molecule has 1 aromatic carbocycles. The van der Waals surface area contributed by atoms with Gasteiger partial charge in [0.25, 0.3) is 0 Å². The zero-order valence-corrected chi connectivity index (χ0v) is 13.0. The van der Waals surface area contributed by atoms with Gasteiger partial charge in [0.1, 0.15) is 0 Å². The molecule has 0 saturated carbocycles.